The van der Waals surface area contributed by atoms with Crippen LogP contribution in [0.15, 0.2) is 12.4 Å². The van der Waals surface area contributed by atoms with Crippen molar-refractivity contribution in [2.75, 3.05) is 7.11 Å². The molecule has 0 aromatic carbocycles. The van der Waals surface area contributed by atoms with E-state index in [0.29, 0.717) is 25.1 Å². The standard InChI is InChI=1S/C14H18ClF3N2O/c1-21-13-7-11(19-8-20-13)6-12(15)9-2-4-10(5-3-9)14(16,17)18/h7-10,12H,2-6H2,1H3. The van der Waals surface area contributed by atoms with Crippen LogP contribution in [0.4, 0.5) is 13.2 Å². The number of aromatic nitrogens is 2. The van der Waals surface area contributed by atoms with E-state index in [-0.39, 0.29) is 24.1 Å². The third kappa shape index (κ3) is 4.46. The topological polar surface area (TPSA) is 35.0 Å². The first-order valence-electron chi connectivity index (χ1n) is 6.96. The normalized spacial score (nSPS) is 24.6. The number of methoxy groups -OCH3 is 1. The van der Waals surface area contributed by atoms with Crippen LogP contribution >= 0.6 is 11.6 Å². The largest absolute Gasteiger partial charge is 0.481 e. The lowest BCUT2D eigenvalue weighted by Gasteiger charge is -2.32. The average Bonchev–Trinajstić information content (AvgIpc) is 2.46. The molecule has 0 aliphatic heterocycles. The van der Waals surface area contributed by atoms with E-state index in [1.165, 1.54) is 13.4 Å². The Morgan fingerprint density at radius 3 is 2.52 bits per heavy atom. The second-order valence-corrected chi connectivity index (χ2v) is 5.99. The van der Waals surface area contributed by atoms with Crippen molar-refractivity contribution in [2.45, 2.75) is 43.7 Å². The van der Waals surface area contributed by atoms with E-state index in [1.54, 1.807) is 6.07 Å². The summed E-state index contributed by atoms with van der Waals surface area (Å²) < 4.78 is 42.9. The van der Waals surface area contributed by atoms with Gasteiger partial charge in [-0.1, -0.05) is 0 Å². The molecular weight excluding hydrogens is 305 g/mol. The van der Waals surface area contributed by atoms with Crippen molar-refractivity contribution in [3.8, 4) is 5.88 Å². The van der Waals surface area contributed by atoms with Crippen molar-refractivity contribution in [3.05, 3.63) is 18.1 Å². The molecule has 1 atom stereocenters. The molecule has 1 saturated carbocycles. The molecule has 0 bridgehead atoms. The van der Waals surface area contributed by atoms with Crippen LogP contribution in [0.3, 0.4) is 0 Å². The fourth-order valence-corrected chi connectivity index (χ4v) is 3.18. The van der Waals surface area contributed by atoms with E-state index >= 15 is 0 Å². The van der Waals surface area contributed by atoms with Gasteiger partial charge in [-0.2, -0.15) is 13.2 Å². The molecule has 1 fully saturated rings. The van der Waals surface area contributed by atoms with Crippen LogP contribution in [0.2, 0.25) is 0 Å². The maximum absolute atomic E-state index is 12.6. The van der Waals surface area contributed by atoms with Crippen molar-refractivity contribution in [1.82, 2.24) is 9.97 Å². The highest BCUT2D eigenvalue weighted by molar-refractivity contribution is 6.20. The van der Waals surface area contributed by atoms with E-state index in [9.17, 15) is 13.2 Å². The van der Waals surface area contributed by atoms with Gasteiger partial charge in [0.15, 0.2) is 0 Å². The van der Waals surface area contributed by atoms with Crippen LogP contribution in [0, 0.1) is 11.8 Å². The molecule has 7 heteroatoms. The molecule has 0 spiro atoms. The van der Waals surface area contributed by atoms with Gasteiger partial charge in [0.1, 0.15) is 6.33 Å². The van der Waals surface area contributed by atoms with E-state index in [4.69, 9.17) is 16.3 Å². The van der Waals surface area contributed by atoms with Gasteiger partial charge in [-0.3, -0.25) is 0 Å². The summed E-state index contributed by atoms with van der Waals surface area (Å²) in [5, 5.41) is -0.209. The first-order chi connectivity index (χ1) is 9.90. The van der Waals surface area contributed by atoms with Crippen LogP contribution < -0.4 is 4.74 Å². The second kappa shape index (κ2) is 6.81. The predicted molar refractivity (Wildman–Crippen MR) is 73.4 cm³/mol. The molecule has 0 saturated heterocycles. The molecule has 1 aliphatic rings. The Balaban J connectivity index is 1.88. The molecule has 1 heterocycles. The number of alkyl halides is 4. The molecule has 1 aliphatic carbocycles. The Kier molecular flexibility index (Phi) is 5.30. The zero-order chi connectivity index (χ0) is 15.5. The molecule has 2 rings (SSSR count). The molecule has 0 radical (unpaired) electrons. The van der Waals surface area contributed by atoms with Gasteiger partial charge in [-0.25, -0.2) is 9.97 Å². The third-order valence-corrected chi connectivity index (χ3v) is 4.57. The Labute approximate surface area is 126 Å². The summed E-state index contributed by atoms with van der Waals surface area (Å²) in [7, 11) is 1.52. The van der Waals surface area contributed by atoms with Crippen molar-refractivity contribution in [1.29, 1.82) is 0 Å². The van der Waals surface area contributed by atoms with Gasteiger partial charge in [-0.05, 0) is 31.6 Å². The summed E-state index contributed by atoms with van der Waals surface area (Å²) in [6.45, 7) is 0. The fraction of sp³-hybridized carbons (Fsp3) is 0.714. The van der Waals surface area contributed by atoms with Crippen molar-refractivity contribution < 1.29 is 17.9 Å². The highest BCUT2D eigenvalue weighted by atomic mass is 35.5. The summed E-state index contributed by atoms with van der Waals surface area (Å²) in [6, 6.07) is 1.71. The molecule has 0 N–H and O–H groups in total. The van der Waals surface area contributed by atoms with E-state index in [2.05, 4.69) is 9.97 Å². The molecule has 0 amide bonds. The summed E-state index contributed by atoms with van der Waals surface area (Å²) in [4.78, 5) is 8.03. The molecule has 3 nitrogen and oxygen atoms in total. The molecule has 1 aromatic rings. The minimum Gasteiger partial charge on any atom is -0.481 e. The second-order valence-electron chi connectivity index (χ2n) is 5.43. The van der Waals surface area contributed by atoms with Gasteiger partial charge >= 0.3 is 6.18 Å². The van der Waals surface area contributed by atoms with E-state index in [1.807, 2.05) is 0 Å². The Hall–Kier alpha value is -1.04. The summed E-state index contributed by atoms with van der Waals surface area (Å²) in [6.07, 6.45) is -0.789. The number of halogens is 4. The number of ether oxygens (including phenoxy) is 1. The minimum absolute atomic E-state index is 0.103. The summed E-state index contributed by atoms with van der Waals surface area (Å²) in [5.74, 6) is -0.604. The summed E-state index contributed by atoms with van der Waals surface area (Å²) >= 11 is 6.37. The van der Waals surface area contributed by atoms with Crippen molar-refractivity contribution in [3.63, 3.8) is 0 Å². The predicted octanol–water partition coefficient (Wildman–Crippen LogP) is 4.00. The minimum atomic E-state index is -4.08. The van der Waals surface area contributed by atoms with Crippen molar-refractivity contribution >= 4 is 11.6 Å². The molecular formula is C14H18ClF3N2O. The van der Waals surface area contributed by atoms with Gasteiger partial charge in [0.2, 0.25) is 5.88 Å². The summed E-state index contributed by atoms with van der Waals surface area (Å²) in [5.41, 5.74) is 0.750. The molecule has 1 aromatic heterocycles. The number of rotatable bonds is 4. The molecule has 118 valence electrons. The van der Waals surface area contributed by atoms with Crippen LogP contribution in [0.5, 0.6) is 5.88 Å². The number of hydrogen-bond donors (Lipinski definition) is 0. The zero-order valence-corrected chi connectivity index (χ0v) is 12.5. The Bertz CT molecular complexity index is 462. The van der Waals surface area contributed by atoms with Gasteiger partial charge in [0.05, 0.1) is 13.0 Å². The number of hydrogen-bond acceptors (Lipinski definition) is 3. The lowest BCUT2D eigenvalue weighted by Crippen LogP contribution is -2.31. The maximum atomic E-state index is 12.6. The number of nitrogens with zero attached hydrogens (tertiary/aromatic N) is 2. The SMILES string of the molecule is COc1cc(CC(Cl)C2CCC(C(F)(F)F)CC2)ncn1. The van der Waals surface area contributed by atoms with Gasteiger partial charge in [0, 0.05) is 23.6 Å². The Morgan fingerprint density at radius 2 is 1.95 bits per heavy atom. The maximum Gasteiger partial charge on any atom is 0.391 e. The lowest BCUT2D eigenvalue weighted by atomic mass is 9.79. The first kappa shape index (κ1) is 16.3. The van der Waals surface area contributed by atoms with Gasteiger partial charge in [-0.15, -0.1) is 11.6 Å². The van der Waals surface area contributed by atoms with E-state index < -0.39 is 12.1 Å². The van der Waals surface area contributed by atoms with Crippen LogP contribution in [-0.2, 0) is 6.42 Å². The van der Waals surface area contributed by atoms with Crippen LogP contribution in [0.1, 0.15) is 31.4 Å². The average molecular weight is 323 g/mol. The Morgan fingerprint density at radius 1 is 1.29 bits per heavy atom. The highest BCUT2D eigenvalue weighted by Crippen LogP contribution is 2.41. The molecule has 1 unspecified atom stereocenters. The monoisotopic (exact) mass is 322 g/mol. The van der Waals surface area contributed by atoms with E-state index in [0.717, 1.165) is 5.69 Å². The quantitative estimate of drug-likeness (QED) is 0.786. The van der Waals surface area contributed by atoms with Crippen LogP contribution in [0.25, 0.3) is 0 Å². The first-order valence-corrected chi connectivity index (χ1v) is 7.39. The van der Waals surface area contributed by atoms with Crippen LogP contribution in [-0.4, -0.2) is 28.6 Å². The van der Waals surface area contributed by atoms with Gasteiger partial charge < -0.3 is 4.74 Å². The van der Waals surface area contributed by atoms with Gasteiger partial charge in [0.25, 0.3) is 0 Å². The lowest BCUT2D eigenvalue weighted by molar-refractivity contribution is -0.183. The smallest absolute Gasteiger partial charge is 0.391 e. The third-order valence-electron chi connectivity index (χ3n) is 4.06. The molecule has 21 heavy (non-hydrogen) atoms. The zero-order valence-electron chi connectivity index (χ0n) is 11.7. The van der Waals surface area contributed by atoms with Crippen molar-refractivity contribution in [2.24, 2.45) is 11.8 Å². The fourth-order valence-electron chi connectivity index (χ4n) is 2.77. The highest BCUT2D eigenvalue weighted by Gasteiger charge is 2.42.